The topological polar surface area (TPSA) is 25.2 Å². The third-order valence-electron chi connectivity index (χ3n) is 4.69. The summed E-state index contributed by atoms with van der Waals surface area (Å²) in [5.74, 6) is 0.618. The fraction of sp³-hybridized carbons (Fsp3) is 0.450. The Labute approximate surface area is 138 Å². The fourth-order valence-electron chi connectivity index (χ4n) is 3.28. The average molecular weight is 310 g/mol. The lowest BCUT2D eigenvalue weighted by Gasteiger charge is -2.33. The molecule has 2 aromatic rings. The molecule has 1 aliphatic heterocycles. The number of benzene rings is 1. The number of carbonyl (C=O) groups is 1. The summed E-state index contributed by atoms with van der Waals surface area (Å²) in [4.78, 5) is 14.8. The average Bonchev–Trinajstić information content (AvgIpc) is 3.05. The predicted octanol–water partition coefficient (Wildman–Crippen LogP) is 4.26. The molecular weight excluding hydrogens is 284 g/mol. The maximum absolute atomic E-state index is 12.8. The van der Waals surface area contributed by atoms with Crippen LogP contribution >= 0.6 is 0 Å². The van der Waals surface area contributed by atoms with E-state index in [0.29, 0.717) is 5.92 Å². The van der Waals surface area contributed by atoms with E-state index in [1.54, 1.807) is 0 Å². The third kappa shape index (κ3) is 3.49. The maximum Gasteiger partial charge on any atom is 0.255 e. The summed E-state index contributed by atoms with van der Waals surface area (Å²) in [6, 6.07) is 12.5. The minimum Gasteiger partial charge on any atom is -0.348 e. The van der Waals surface area contributed by atoms with E-state index in [9.17, 15) is 4.79 Å². The van der Waals surface area contributed by atoms with E-state index in [-0.39, 0.29) is 11.4 Å². The van der Waals surface area contributed by atoms with Crippen LogP contribution < -0.4 is 0 Å². The number of aromatic nitrogens is 1. The number of piperidine rings is 1. The molecule has 0 unspecified atom stereocenters. The second kappa shape index (κ2) is 6.23. The van der Waals surface area contributed by atoms with Gasteiger partial charge in [-0.1, -0.05) is 30.3 Å². The zero-order valence-electron chi connectivity index (χ0n) is 14.3. The zero-order chi connectivity index (χ0) is 16.4. The molecule has 3 nitrogen and oxygen atoms in total. The summed E-state index contributed by atoms with van der Waals surface area (Å²) in [7, 11) is 0. The molecule has 3 heteroatoms. The van der Waals surface area contributed by atoms with Gasteiger partial charge >= 0.3 is 0 Å². The van der Waals surface area contributed by atoms with E-state index in [2.05, 4.69) is 49.6 Å². The lowest BCUT2D eigenvalue weighted by Crippen LogP contribution is -2.39. The monoisotopic (exact) mass is 310 g/mol. The number of carbonyl (C=O) groups excluding carboxylic acids is 1. The van der Waals surface area contributed by atoms with Crippen LogP contribution in [0.25, 0.3) is 0 Å². The molecule has 0 radical (unpaired) electrons. The first kappa shape index (κ1) is 15.9. The van der Waals surface area contributed by atoms with Crippen molar-refractivity contribution in [1.82, 2.24) is 9.47 Å². The van der Waals surface area contributed by atoms with E-state index in [1.807, 2.05) is 29.4 Å². The van der Waals surface area contributed by atoms with E-state index in [0.717, 1.165) is 31.5 Å². The standard InChI is InChI=1S/C20H26N2O/c1-20(2,3)22-13-11-18(15-22)19(23)21-12-7-10-17(14-21)16-8-5-4-6-9-16/h4-6,8-9,11,13,15,17H,7,10,12,14H2,1-3H3/t17-/m0/s1. The molecule has 1 saturated heterocycles. The quantitative estimate of drug-likeness (QED) is 0.813. The number of rotatable bonds is 2. The zero-order valence-corrected chi connectivity index (χ0v) is 14.3. The molecule has 0 spiro atoms. The van der Waals surface area contributed by atoms with Crippen molar-refractivity contribution >= 4 is 5.91 Å². The van der Waals surface area contributed by atoms with Crippen LogP contribution in [0.1, 0.15) is 55.5 Å². The van der Waals surface area contributed by atoms with Gasteiger partial charge in [0.05, 0.1) is 5.56 Å². The first-order valence-corrected chi connectivity index (χ1v) is 8.48. The van der Waals surface area contributed by atoms with Crippen LogP contribution in [0.15, 0.2) is 48.8 Å². The third-order valence-corrected chi connectivity index (χ3v) is 4.69. The van der Waals surface area contributed by atoms with Crippen LogP contribution in [0, 0.1) is 0 Å². The molecular formula is C20H26N2O. The van der Waals surface area contributed by atoms with Crippen molar-refractivity contribution in [3.8, 4) is 0 Å². The molecule has 0 bridgehead atoms. The molecule has 23 heavy (non-hydrogen) atoms. The van der Waals surface area contributed by atoms with Crippen molar-refractivity contribution in [2.45, 2.75) is 45.1 Å². The van der Waals surface area contributed by atoms with Gasteiger partial charge in [-0.3, -0.25) is 4.79 Å². The van der Waals surface area contributed by atoms with Crippen molar-refractivity contribution in [2.24, 2.45) is 0 Å². The first-order valence-electron chi connectivity index (χ1n) is 8.48. The van der Waals surface area contributed by atoms with Gasteiger partial charge in [0.15, 0.2) is 0 Å². The molecule has 1 amide bonds. The Bertz CT molecular complexity index is 666. The van der Waals surface area contributed by atoms with Crippen molar-refractivity contribution in [2.75, 3.05) is 13.1 Å². The minimum absolute atomic E-state index is 0.00695. The summed E-state index contributed by atoms with van der Waals surface area (Å²) >= 11 is 0. The normalized spacial score (nSPS) is 18.9. The number of hydrogen-bond donors (Lipinski definition) is 0. The lowest BCUT2D eigenvalue weighted by molar-refractivity contribution is 0.0707. The summed E-state index contributed by atoms with van der Waals surface area (Å²) in [6.07, 6.45) is 6.22. The van der Waals surface area contributed by atoms with Crippen LogP contribution in [-0.4, -0.2) is 28.5 Å². The maximum atomic E-state index is 12.8. The Balaban J connectivity index is 1.73. The summed E-state index contributed by atoms with van der Waals surface area (Å²) in [5.41, 5.74) is 2.15. The van der Waals surface area contributed by atoms with E-state index >= 15 is 0 Å². The summed E-state index contributed by atoms with van der Waals surface area (Å²) in [6.45, 7) is 8.13. The van der Waals surface area contributed by atoms with Gasteiger partial charge in [0, 0.05) is 36.9 Å². The van der Waals surface area contributed by atoms with E-state index < -0.39 is 0 Å². The second-order valence-electron chi connectivity index (χ2n) is 7.48. The van der Waals surface area contributed by atoms with E-state index in [4.69, 9.17) is 0 Å². The van der Waals surface area contributed by atoms with Gasteiger partial charge in [-0.05, 0) is 45.2 Å². The predicted molar refractivity (Wildman–Crippen MR) is 93.7 cm³/mol. The highest BCUT2D eigenvalue weighted by Gasteiger charge is 2.26. The van der Waals surface area contributed by atoms with Gasteiger partial charge in [-0.2, -0.15) is 0 Å². The smallest absolute Gasteiger partial charge is 0.255 e. The van der Waals surface area contributed by atoms with Crippen LogP contribution in [0.3, 0.4) is 0 Å². The molecule has 0 aliphatic carbocycles. The van der Waals surface area contributed by atoms with Crippen molar-refractivity contribution in [3.63, 3.8) is 0 Å². The highest BCUT2D eigenvalue weighted by atomic mass is 16.2. The Morgan fingerprint density at radius 1 is 1.13 bits per heavy atom. The van der Waals surface area contributed by atoms with Crippen LogP contribution in [0.4, 0.5) is 0 Å². The van der Waals surface area contributed by atoms with Crippen LogP contribution in [0.2, 0.25) is 0 Å². The molecule has 1 aromatic carbocycles. The largest absolute Gasteiger partial charge is 0.348 e. The minimum atomic E-state index is 0.00695. The molecule has 122 valence electrons. The Hall–Kier alpha value is -2.03. The number of amides is 1. The second-order valence-corrected chi connectivity index (χ2v) is 7.48. The molecule has 3 rings (SSSR count). The fourth-order valence-corrected chi connectivity index (χ4v) is 3.28. The SMILES string of the molecule is CC(C)(C)n1ccc(C(=O)N2CCC[C@H](c3ccccc3)C2)c1. The van der Waals surface area contributed by atoms with Crippen LogP contribution in [0.5, 0.6) is 0 Å². The number of nitrogens with zero attached hydrogens (tertiary/aromatic N) is 2. The Morgan fingerprint density at radius 2 is 1.87 bits per heavy atom. The molecule has 1 fully saturated rings. The van der Waals surface area contributed by atoms with Crippen molar-refractivity contribution in [3.05, 3.63) is 59.9 Å². The van der Waals surface area contributed by atoms with Gasteiger partial charge in [-0.15, -0.1) is 0 Å². The lowest BCUT2D eigenvalue weighted by atomic mass is 9.90. The number of likely N-dealkylation sites (tertiary alicyclic amines) is 1. The Kier molecular flexibility index (Phi) is 4.29. The van der Waals surface area contributed by atoms with Gasteiger partial charge in [0.2, 0.25) is 0 Å². The first-order chi connectivity index (χ1) is 10.9. The molecule has 2 heterocycles. The number of hydrogen-bond acceptors (Lipinski definition) is 1. The summed E-state index contributed by atoms with van der Waals surface area (Å²) in [5, 5.41) is 0. The summed E-state index contributed by atoms with van der Waals surface area (Å²) < 4.78 is 2.11. The van der Waals surface area contributed by atoms with Crippen molar-refractivity contribution < 1.29 is 4.79 Å². The van der Waals surface area contributed by atoms with Gasteiger partial charge in [0.1, 0.15) is 0 Å². The molecule has 1 aliphatic rings. The molecule has 0 saturated carbocycles. The highest BCUT2D eigenvalue weighted by molar-refractivity contribution is 5.94. The van der Waals surface area contributed by atoms with E-state index in [1.165, 1.54) is 5.56 Å². The van der Waals surface area contributed by atoms with Gasteiger partial charge in [-0.25, -0.2) is 0 Å². The van der Waals surface area contributed by atoms with Crippen molar-refractivity contribution in [1.29, 1.82) is 0 Å². The highest BCUT2D eigenvalue weighted by Crippen LogP contribution is 2.28. The van der Waals surface area contributed by atoms with Gasteiger partial charge < -0.3 is 9.47 Å². The van der Waals surface area contributed by atoms with Gasteiger partial charge in [0.25, 0.3) is 5.91 Å². The molecule has 1 atom stereocenters. The Morgan fingerprint density at radius 3 is 2.52 bits per heavy atom. The van der Waals surface area contributed by atoms with Crippen LogP contribution in [-0.2, 0) is 5.54 Å². The molecule has 1 aromatic heterocycles. The molecule has 0 N–H and O–H groups in total.